The van der Waals surface area contributed by atoms with Gasteiger partial charge in [0.05, 0.1) is 18.2 Å². The lowest BCUT2D eigenvalue weighted by Gasteiger charge is -2.28. The van der Waals surface area contributed by atoms with Gasteiger partial charge in [-0.05, 0) is 0 Å². The van der Waals surface area contributed by atoms with Crippen molar-refractivity contribution >= 4 is 17.3 Å². The van der Waals surface area contributed by atoms with E-state index in [-0.39, 0.29) is 11.6 Å². The van der Waals surface area contributed by atoms with Gasteiger partial charge in [-0.3, -0.25) is 4.90 Å². The molecule has 0 bridgehead atoms. The van der Waals surface area contributed by atoms with Crippen molar-refractivity contribution in [3.8, 4) is 0 Å². The fourth-order valence-electron chi connectivity index (χ4n) is 1.86. The maximum atomic E-state index is 10.7. The molecule has 6 heteroatoms. The number of rotatable bonds is 4. The smallest absolute Gasteiger partial charge is 0.355 e. The van der Waals surface area contributed by atoms with E-state index in [4.69, 9.17) is 9.84 Å². The molecule has 17 heavy (non-hydrogen) atoms. The van der Waals surface area contributed by atoms with Gasteiger partial charge >= 0.3 is 5.97 Å². The molecule has 5 nitrogen and oxygen atoms in total. The third-order valence-corrected chi connectivity index (χ3v) is 3.87. The first kappa shape index (κ1) is 12.5. The maximum Gasteiger partial charge on any atom is 0.355 e. The summed E-state index contributed by atoms with van der Waals surface area (Å²) < 4.78 is 5.29. The maximum absolute atomic E-state index is 10.7. The molecule has 1 aliphatic heterocycles. The molecular formula is C11H16N2O3S. The predicted molar refractivity (Wildman–Crippen MR) is 64.7 cm³/mol. The Balaban J connectivity index is 1.93. The zero-order chi connectivity index (χ0) is 12.3. The molecule has 1 saturated heterocycles. The van der Waals surface area contributed by atoms with Crippen LogP contribution >= 0.6 is 11.3 Å². The van der Waals surface area contributed by atoms with E-state index in [1.165, 1.54) is 11.3 Å². The minimum absolute atomic E-state index is 0.152. The minimum Gasteiger partial charge on any atom is -0.476 e. The van der Waals surface area contributed by atoms with Gasteiger partial charge in [0.25, 0.3) is 0 Å². The van der Waals surface area contributed by atoms with Gasteiger partial charge in [-0.1, -0.05) is 6.92 Å². The van der Waals surface area contributed by atoms with Crippen molar-refractivity contribution in [3.63, 3.8) is 0 Å². The molecule has 1 N–H and O–H groups in total. The fourth-order valence-corrected chi connectivity index (χ4v) is 2.71. The van der Waals surface area contributed by atoms with Crippen molar-refractivity contribution in [3.05, 3.63) is 16.1 Å². The van der Waals surface area contributed by atoms with Gasteiger partial charge in [-0.2, -0.15) is 0 Å². The van der Waals surface area contributed by atoms with Crippen LogP contribution in [0.3, 0.4) is 0 Å². The Morgan fingerprint density at radius 2 is 2.35 bits per heavy atom. The zero-order valence-corrected chi connectivity index (χ0v) is 10.6. The molecule has 2 rings (SSSR count). The molecule has 0 aromatic carbocycles. The van der Waals surface area contributed by atoms with Crippen LogP contribution in [0, 0.1) is 0 Å². The second kappa shape index (κ2) is 5.57. The average molecular weight is 256 g/mol. The van der Waals surface area contributed by atoms with Crippen LogP contribution in [0.4, 0.5) is 0 Å². The van der Waals surface area contributed by atoms with E-state index in [9.17, 15) is 4.79 Å². The van der Waals surface area contributed by atoms with E-state index in [0.717, 1.165) is 37.9 Å². The predicted octanol–water partition coefficient (Wildman–Crippen LogP) is 1.28. The summed E-state index contributed by atoms with van der Waals surface area (Å²) in [5.41, 5.74) is 0.152. The van der Waals surface area contributed by atoms with Gasteiger partial charge < -0.3 is 9.84 Å². The molecule has 1 aliphatic rings. The van der Waals surface area contributed by atoms with E-state index in [1.54, 1.807) is 5.38 Å². The SMILES string of the molecule is CC(CN1CCOCC1)c1nc(C(=O)O)cs1. The van der Waals surface area contributed by atoms with Crippen LogP contribution < -0.4 is 0 Å². The number of aromatic nitrogens is 1. The van der Waals surface area contributed by atoms with Crippen LogP contribution in [0.5, 0.6) is 0 Å². The fraction of sp³-hybridized carbons (Fsp3) is 0.636. The first-order valence-corrected chi connectivity index (χ1v) is 6.53. The second-order valence-electron chi connectivity index (χ2n) is 4.19. The highest BCUT2D eigenvalue weighted by Gasteiger charge is 2.18. The Labute approximate surface area is 104 Å². The molecule has 0 spiro atoms. The van der Waals surface area contributed by atoms with Crippen LogP contribution in [0.15, 0.2) is 5.38 Å². The van der Waals surface area contributed by atoms with E-state index >= 15 is 0 Å². The number of hydrogen-bond acceptors (Lipinski definition) is 5. The molecule has 1 atom stereocenters. The Morgan fingerprint density at radius 1 is 1.65 bits per heavy atom. The summed E-state index contributed by atoms with van der Waals surface area (Å²) >= 11 is 1.42. The summed E-state index contributed by atoms with van der Waals surface area (Å²) in [5, 5.41) is 11.3. The van der Waals surface area contributed by atoms with Crippen molar-refractivity contribution in [2.45, 2.75) is 12.8 Å². The van der Waals surface area contributed by atoms with Gasteiger partial charge in [0, 0.05) is 30.9 Å². The van der Waals surface area contributed by atoms with Gasteiger partial charge in [0.1, 0.15) is 0 Å². The molecule has 1 unspecified atom stereocenters. The number of carboxylic acid groups (broad SMARTS) is 1. The lowest BCUT2D eigenvalue weighted by molar-refractivity contribution is 0.0357. The molecule has 1 aromatic rings. The standard InChI is InChI=1S/C11H16N2O3S/c1-8(6-13-2-4-16-5-3-13)10-12-9(7-17-10)11(14)15/h7-8H,2-6H2,1H3,(H,14,15). The Morgan fingerprint density at radius 3 is 2.94 bits per heavy atom. The van der Waals surface area contributed by atoms with Gasteiger partial charge in [-0.15, -0.1) is 11.3 Å². The lowest BCUT2D eigenvalue weighted by atomic mass is 10.1. The minimum atomic E-state index is -0.953. The first-order valence-electron chi connectivity index (χ1n) is 5.65. The number of carbonyl (C=O) groups is 1. The molecule has 2 heterocycles. The number of hydrogen-bond donors (Lipinski definition) is 1. The number of carboxylic acids is 1. The lowest BCUT2D eigenvalue weighted by Crippen LogP contribution is -2.38. The summed E-state index contributed by atoms with van der Waals surface area (Å²) in [6.45, 7) is 6.45. The highest BCUT2D eigenvalue weighted by molar-refractivity contribution is 7.09. The number of aromatic carboxylic acids is 1. The average Bonchev–Trinajstić information content (AvgIpc) is 2.79. The molecule has 0 amide bonds. The summed E-state index contributed by atoms with van der Waals surface area (Å²) in [7, 11) is 0. The van der Waals surface area contributed by atoms with E-state index in [0.29, 0.717) is 0 Å². The van der Waals surface area contributed by atoms with Crippen molar-refractivity contribution in [2.75, 3.05) is 32.8 Å². The van der Waals surface area contributed by atoms with Gasteiger partial charge in [-0.25, -0.2) is 9.78 Å². The molecule has 94 valence electrons. The van der Waals surface area contributed by atoms with Crippen LogP contribution in [0.25, 0.3) is 0 Å². The summed E-state index contributed by atoms with van der Waals surface area (Å²) in [5.74, 6) is -0.683. The Kier molecular flexibility index (Phi) is 4.09. The molecule has 0 saturated carbocycles. The third kappa shape index (κ3) is 3.24. The second-order valence-corrected chi connectivity index (χ2v) is 5.08. The van der Waals surface area contributed by atoms with Gasteiger partial charge in [0.2, 0.25) is 0 Å². The number of thiazole rings is 1. The molecule has 1 fully saturated rings. The summed E-state index contributed by atoms with van der Waals surface area (Å²) in [4.78, 5) is 17.2. The van der Waals surface area contributed by atoms with Crippen LogP contribution in [0.1, 0.15) is 28.3 Å². The van der Waals surface area contributed by atoms with Crippen LogP contribution in [-0.4, -0.2) is 53.8 Å². The first-order chi connectivity index (χ1) is 8.16. The number of nitrogens with zero attached hydrogens (tertiary/aromatic N) is 2. The normalized spacial score (nSPS) is 19.1. The van der Waals surface area contributed by atoms with E-state index in [2.05, 4.69) is 16.8 Å². The van der Waals surface area contributed by atoms with Crippen molar-refractivity contribution in [1.29, 1.82) is 0 Å². The van der Waals surface area contributed by atoms with E-state index in [1.807, 2.05) is 0 Å². The number of morpholine rings is 1. The van der Waals surface area contributed by atoms with Crippen molar-refractivity contribution in [2.24, 2.45) is 0 Å². The summed E-state index contributed by atoms with van der Waals surface area (Å²) in [6, 6.07) is 0. The zero-order valence-electron chi connectivity index (χ0n) is 9.76. The molecule has 1 aromatic heterocycles. The molecule has 0 aliphatic carbocycles. The highest BCUT2D eigenvalue weighted by atomic mass is 32.1. The van der Waals surface area contributed by atoms with Gasteiger partial charge in [0.15, 0.2) is 5.69 Å². The van der Waals surface area contributed by atoms with Crippen LogP contribution in [-0.2, 0) is 4.74 Å². The Hall–Kier alpha value is -0.980. The summed E-state index contributed by atoms with van der Waals surface area (Å²) in [6.07, 6.45) is 0. The largest absolute Gasteiger partial charge is 0.476 e. The molecule has 0 radical (unpaired) electrons. The molecular weight excluding hydrogens is 240 g/mol. The monoisotopic (exact) mass is 256 g/mol. The quantitative estimate of drug-likeness (QED) is 0.879. The van der Waals surface area contributed by atoms with Crippen molar-refractivity contribution in [1.82, 2.24) is 9.88 Å². The highest BCUT2D eigenvalue weighted by Crippen LogP contribution is 2.21. The third-order valence-electron chi connectivity index (χ3n) is 2.80. The Bertz CT molecular complexity index is 388. The topological polar surface area (TPSA) is 62.7 Å². The van der Waals surface area contributed by atoms with E-state index < -0.39 is 5.97 Å². The van der Waals surface area contributed by atoms with Crippen LogP contribution in [0.2, 0.25) is 0 Å². The number of ether oxygens (including phenoxy) is 1. The van der Waals surface area contributed by atoms with Crippen molar-refractivity contribution < 1.29 is 14.6 Å².